The van der Waals surface area contributed by atoms with Crippen LogP contribution in [0.2, 0.25) is 0 Å². The summed E-state index contributed by atoms with van der Waals surface area (Å²) in [6.45, 7) is 0.248. The van der Waals surface area contributed by atoms with Gasteiger partial charge in [-0.1, -0.05) is 18.9 Å². The number of nitrogens with one attached hydrogen (secondary N) is 1. The molecule has 2 aliphatic rings. The zero-order chi connectivity index (χ0) is 16.6. The zero-order valence-electron chi connectivity index (χ0n) is 13.6. The summed E-state index contributed by atoms with van der Waals surface area (Å²) in [5, 5.41) is 4.50. The van der Waals surface area contributed by atoms with Crippen molar-refractivity contribution in [1.82, 2.24) is 19.5 Å². The highest BCUT2D eigenvalue weighted by Crippen LogP contribution is 2.33. The van der Waals surface area contributed by atoms with E-state index in [1.807, 2.05) is 24.3 Å². The molecule has 0 bridgehead atoms. The monoisotopic (exact) mass is 346 g/mol. The van der Waals surface area contributed by atoms with E-state index in [-0.39, 0.29) is 11.8 Å². The average molecular weight is 346 g/mol. The smallest absolute Gasteiger partial charge is 0.214 e. The van der Waals surface area contributed by atoms with Gasteiger partial charge in [0.1, 0.15) is 0 Å². The van der Waals surface area contributed by atoms with Crippen LogP contribution in [0.3, 0.4) is 0 Å². The van der Waals surface area contributed by atoms with E-state index in [9.17, 15) is 8.42 Å². The summed E-state index contributed by atoms with van der Waals surface area (Å²) < 4.78 is 28.8. The molecule has 0 radical (unpaired) electrons. The molecule has 2 fully saturated rings. The Hall–Kier alpha value is -1.73. The lowest BCUT2D eigenvalue weighted by molar-refractivity contribution is 0.466. The Morgan fingerprint density at radius 3 is 2.62 bits per heavy atom. The SMILES string of the molecule is O=S(=O)(NCc1cc(-c2ccccn2)n(C2CCCC2)n1)C1CC1. The van der Waals surface area contributed by atoms with Gasteiger partial charge in [0.25, 0.3) is 0 Å². The summed E-state index contributed by atoms with van der Waals surface area (Å²) in [6.07, 6.45) is 7.99. The van der Waals surface area contributed by atoms with E-state index in [0.29, 0.717) is 6.04 Å². The molecule has 2 aromatic rings. The van der Waals surface area contributed by atoms with Gasteiger partial charge in [-0.15, -0.1) is 0 Å². The maximum atomic E-state index is 12.0. The van der Waals surface area contributed by atoms with Crippen LogP contribution in [0.5, 0.6) is 0 Å². The molecule has 7 heteroatoms. The van der Waals surface area contributed by atoms with Crippen LogP contribution in [0.4, 0.5) is 0 Å². The topological polar surface area (TPSA) is 76.9 Å². The fraction of sp³-hybridized carbons (Fsp3) is 0.529. The first kappa shape index (κ1) is 15.8. The molecule has 2 aliphatic carbocycles. The lowest BCUT2D eigenvalue weighted by Crippen LogP contribution is -2.27. The summed E-state index contributed by atoms with van der Waals surface area (Å²) in [4.78, 5) is 4.44. The van der Waals surface area contributed by atoms with Crippen molar-refractivity contribution < 1.29 is 8.42 Å². The first-order valence-corrected chi connectivity index (χ1v) is 10.2. The van der Waals surface area contributed by atoms with Gasteiger partial charge in [-0.2, -0.15) is 5.10 Å². The Morgan fingerprint density at radius 2 is 1.96 bits per heavy atom. The minimum Gasteiger partial charge on any atom is -0.260 e. The lowest BCUT2D eigenvalue weighted by Gasteiger charge is -2.13. The van der Waals surface area contributed by atoms with Crippen molar-refractivity contribution in [3.63, 3.8) is 0 Å². The van der Waals surface area contributed by atoms with Crippen LogP contribution in [0.1, 0.15) is 50.3 Å². The Bertz CT molecular complexity index is 806. The molecule has 0 unspecified atom stereocenters. The molecule has 4 rings (SSSR count). The van der Waals surface area contributed by atoms with Crippen molar-refractivity contribution >= 4 is 10.0 Å². The molecule has 0 spiro atoms. The van der Waals surface area contributed by atoms with Gasteiger partial charge in [0.05, 0.1) is 34.9 Å². The van der Waals surface area contributed by atoms with Crippen LogP contribution >= 0.6 is 0 Å². The molecule has 2 heterocycles. The average Bonchev–Trinajstić information content (AvgIpc) is 3.17. The molecule has 1 N–H and O–H groups in total. The van der Waals surface area contributed by atoms with Gasteiger partial charge in [0.15, 0.2) is 0 Å². The third-order valence-corrected chi connectivity index (χ3v) is 6.70. The van der Waals surface area contributed by atoms with E-state index in [0.717, 1.165) is 42.8 Å². The molecule has 2 aromatic heterocycles. The Labute approximate surface area is 142 Å². The largest absolute Gasteiger partial charge is 0.260 e. The number of sulfonamides is 1. The second kappa shape index (κ2) is 6.29. The van der Waals surface area contributed by atoms with E-state index in [1.165, 1.54) is 12.8 Å². The Balaban J connectivity index is 1.61. The van der Waals surface area contributed by atoms with Gasteiger partial charge in [-0.3, -0.25) is 9.67 Å². The summed E-state index contributed by atoms with van der Waals surface area (Å²) in [5.74, 6) is 0. The van der Waals surface area contributed by atoms with Crippen LogP contribution in [0.25, 0.3) is 11.4 Å². The van der Waals surface area contributed by atoms with Gasteiger partial charge < -0.3 is 0 Å². The van der Waals surface area contributed by atoms with Crippen LogP contribution in [0, 0.1) is 0 Å². The molecule has 24 heavy (non-hydrogen) atoms. The third-order valence-electron chi connectivity index (χ3n) is 4.80. The Kier molecular flexibility index (Phi) is 4.14. The predicted octanol–water partition coefficient (Wildman–Crippen LogP) is 2.64. The minimum atomic E-state index is -3.19. The number of hydrogen-bond donors (Lipinski definition) is 1. The summed E-state index contributed by atoms with van der Waals surface area (Å²) >= 11 is 0. The normalized spacial score (nSPS) is 19.0. The fourth-order valence-electron chi connectivity index (χ4n) is 3.33. The van der Waals surface area contributed by atoms with Crippen LogP contribution in [0.15, 0.2) is 30.5 Å². The van der Waals surface area contributed by atoms with Crippen molar-refractivity contribution in [2.24, 2.45) is 0 Å². The molecule has 6 nitrogen and oxygen atoms in total. The molecule has 0 amide bonds. The first-order chi connectivity index (χ1) is 11.6. The van der Waals surface area contributed by atoms with Crippen molar-refractivity contribution in [3.8, 4) is 11.4 Å². The number of pyridine rings is 1. The van der Waals surface area contributed by atoms with Crippen molar-refractivity contribution in [3.05, 3.63) is 36.2 Å². The molecular formula is C17H22N4O2S. The summed E-state index contributed by atoms with van der Waals surface area (Å²) in [5.41, 5.74) is 2.61. The van der Waals surface area contributed by atoms with Crippen molar-refractivity contribution in [1.29, 1.82) is 0 Å². The van der Waals surface area contributed by atoms with E-state index in [2.05, 4.69) is 14.4 Å². The predicted molar refractivity (Wildman–Crippen MR) is 91.7 cm³/mol. The van der Waals surface area contributed by atoms with E-state index in [4.69, 9.17) is 5.10 Å². The molecule has 128 valence electrons. The van der Waals surface area contributed by atoms with Crippen LogP contribution < -0.4 is 4.72 Å². The third kappa shape index (κ3) is 3.23. The standard InChI is InChI=1S/C17H22N4O2S/c22-24(23,15-8-9-15)19-12-13-11-17(16-7-3-4-10-18-16)21(20-13)14-5-1-2-6-14/h3-4,7,10-11,14-15,19H,1-2,5-6,8-9,12H2. The molecule has 0 saturated heterocycles. The van der Waals surface area contributed by atoms with Crippen LogP contribution in [-0.4, -0.2) is 28.4 Å². The Morgan fingerprint density at radius 1 is 1.17 bits per heavy atom. The van der Waals surface area contributed by atoms with Gasteiger partial charge >= 0.3 is 0 Å². The molecule has 0 aromatic carbocycles. The van der Waals surface area contributed by atoms with E-state index >= 15 is 0 Å². The van der Waals surface area contributed by atoms with Crippen molar-refractivity contribution in [2.75, 3.05) is 0 Å². The highest BCUT2D eigenvalue weighted by molar-refractivity contribution is 7.90. The molecule has 2 saturated carbocycles. The second-order valence-electron chi connectivity index (χ2n) is 6.68. The number of hydrogen-bond acceptors (Lipinski definition) is 4. The molecule has 0 aliphatic heterocycles. The quantitative estimate of drug-likeness (QED) is 0.872. The van der Waals surface area contributed by atoms with E-state index in [1.54, 1.807) is 6.20 Å². The van der Waals surface area contributed by atoms with Gasteiger partial charge in [-0.05, 0) is 43.9 Å². The zero-order valence-corrected chi connectivity index (χ0v) is 14.4. The minimum absolute atomic E-state index is 0.204. The summed E-state index contributed by atoms with van der Waals surface area (Å²) in [6, 6.07) is 8.18. The lowest BCUT2D eigenvalue weighted by atomic mass is 10.2. The summed E-state index contributed by atoms with van der Waals surface area (Å²) in [7, 11) is -3.19. The van der Waals surface area contributed by atoms with Crippen molar-refractivity contribution in [2.45, 2.75) is 56.4 Å². The van der Waals surface area contributed by atoms with E-state index < -0.39 is 10.0 Å². The molecular weight excluding hydrogens is 324 g/mol. The maximum absolute atomic E-state index is 12.0. The highest BCUT2D eigenvalue weighted by Gasteiger charge is 2.35. The number of rotatable bonds is 6. The number of nitrogens with zero attached hydrogens (tertiary/aromatic N) is 3. The molecule has 0 atom stereocenters. The van der Waals surface area contributed by atoms with Gasteiger partial charge in [0, 0.05) is 6.20 Å². The maximum Gasteiger partial charge on any atom is 0.214 e. The highest BCUT2D eigenvalue weighted by atomic mass is 32.2. The second-order valence-corrected chi connectivity index (χ2v) is 8.73. The fourth-order valence-corrected chi connectivity index (χ4v) is 4.68. The first-order valence-electron chi connectivity index (χ1n) is 8.62. The number of aromatic nitrogens is 3. The van der Waals surface area contributed by atoms with Gasteiger partial charge in [0.2, 0.25) is 10.0 Å². The van der Waals surface area contributed by atoms with Gasteiger partial charge in [-0.25, -0.2) is 13.1 Å². The van der Waals surface area contributed by atoms with Crippen LogP contribution in [-0.2, 0) is 16.6 Å².